The zero-order chi connectivity index (χ0) is 51.4. The van der Waals surface area contributed by atoms with Crippen LogP contribution in [0.5, 0.6) is 0 Å². The lowest BCUT2D eigenvalue weighted by Gasteiger charge is -2.18. The molecule has 71 heavy (non-hydrogen) atoms. The molecule has 0 aliphatic carbocycles. The van der Waals surface area contributed by atoms with Gasteiger partial charge in [-0.2, -0.15) is 0 Å². The molecule has 0 rings (SSSR count). The molecule has 0 aromatic carbocycles. The van der Waals surface area contributed by atoms with Crippen molar-refractivity contribution in [3.05, 3.63) is 48.6 Å². The first-order valence-electron chi connectivity index (χ1n) is 31.1. The SMILES string of the molecule is CCCCCC/C=C\CCCCCCCC(=O)OCC(COC(=O)CCCCCCCC/C=C\C/C=C\C/C=C\CCCCCCC)OC(=O)CCCCCCCCCCCCCCCCCCCCC. The number of hydrogen-bond donors (Lipinski definition) is 0. The van der Waals surface area contributed by atoms with Gasteiger partial charge in [0.2, 0.25) is 0 Å². The molecule has 0 aromatic rings. The van der Waals surface area contributed by atoms with Crippen molar-refractivity contribution in [2.45, 2.75) is 335 Å². The molecule has 0 aliphatic rings. The van der Waals surface area contributed by atoms with Crippen molar-refractivity contribution >= 4 is 17.9 Å². The average Bonchev–Trinajstić information content (AvgIpc) is 3.37. The van der Waals surface area contributed by atoms with Crippen LogP contribution in [0.15, 0.2) is 48.6 Å². The molecule has 414 valence electrons. The lowest BCUT2D eigenvalue weighted by Crippen LogP contribution is -2.30. The predicted molar refractivity (Wildman–Crippen MR) is 307 cm³/mol. The molecule has 0 spiro atoms. The maximum Gasteiger partial charge on any atom is 0.306 e. The van der Waals surface area contributed by atoms with Crippen LogP contribution in [-0.2, 0) is 28.6 Å². The lowest BCUT2D eigenvalue weighted by molar-refractivity contribution is -0.167. The van der Waals surface area contributed by atoms with Gasteiger partial charge in [-0.25, -0.2) is 0 Å². The number of hydrogen-bond acceptors (Lipinski definition) is 6. The Morgan fingerprint density at radius 2 is 0.507 bits per heavy atom. The maximum atomic E-state index is 12.9. The predicted octanol–water partition coefficient (Wildman–Crippen LogP) is 21.0. The fourth-order valence-corrected chi connectivity index (χ4v) is 9.09. The quantitative estimate of drug-likeness (QED) is 0.0261. The highest BCUT2D eigenvalue weighted by molar-refractivity contribution is 5.71. The van der Waals surface area contributed by atoms with Crippen molar-refractivity contribution in [1.82, 2.24) is 0 Å². The smallest absolute Gasteiger partial charge is 0.306 e. The first kappa shape index (κ1) is 68.4. The Morgan fingerprint density at radius 1 is 0.282 bits per heavy atom. The number of esters is 3. The second-order valence-corrected chi connectivity index (χ2v) is 21.0. The van der Waals surface area contributed by atoms with Gasteiger partial charge in [0.25, 0.3) is 0 Å². The molecular weight excluding hydrogens is 877 g/mol. The average molecular weight is 996 g/mol. The van der Waals surface area contributed by atoms with E-state index in [0.717, 1.165) is 83.5 Å². The molecule has 6 heteroatoms. The van der Waals surface area contributed by atoms with E-state index >= 15 is 0 Å². The summed E-state index contributed by atoms with van der Waals surface area (Å²) in [5.74, 6) is -0.880. The molecule has 0 fully saturated rings. The van der Waals surface area contributed by atoms with Gasteiger partial charge in [-0.15, -0.1) is 0 Å². The molecule has 0 heterocycles. The molecule has 0 saturated heterocycles. The van der Waals surface area contributed by atoms with Crippen LogP contribution in [-0.4, -0.2) is 37.2 Å². The van der Waals surface area contributed by atoms with Gasteiger partial charge in [-0.05, 0) is 83.5 Å². The maximum absolute atomic E-state index is 12.9. The van der Waals surface area contributed by atoms with E-state index < -0.39 is 6.10 Å². The van der Waals surface area contributed by atoms with E-state index in [1.165, 1.54) is 205 Å². The van der Waals surface area contributed by atoms with E-state index in [1.54, 1.807) is 0 Å². The fraction of sp³-hybridized carbons (Fsp3) is 0.831. The van der Waals surface area contributed by atoms with Crippen LogP contribution >= 0.6 is 0 Å². The van der Waals surface area contributed by atoms with Crippen molar-refractivity contribution in [2.75, 3.05) is 13.2 Å². The van der Waals surface area contributed by atoms with Crippen molar-refractivity contribution in [1.29, 1.82) is 0 Å². The van der Waals surface area contributed by atoms with E-state index in [4.69, 9.17) is 14.2 Å². The summed E-state index contributed by atoms with van der Waals surface area (Å²) >= 11 is 0. The molecular formula is C65H118O6. The zero-order valence-corrected chi connectivity index (χ0v) is 47.5. The van der Waals surface area contributed by atoms with E-state index in [1.807, 2.05) is 0 Å². The van der Waals surface area contributed by atoms with Gasteiger partial charge in [-0.1, -0.05) is 275 Å². The first-order valence-corrected chi connectivity index (χ1v) is 31.1. The van der Waals surface area contributed by atoms with E-state index in [2.05, 4.69) is 69.4 Å². The van der Waals surface area contributed by atoms with Crippen LogP contribution in [0.4, 0.5) is 0 Å². The third kappa shape index (κ3) is 58.1. The molecule has 0 radical (unpaired) electrons. The Hall–Kier alpha value is -2.63. The molecule has 0 bridgehead atoms. The minimum Gasteiger partial charge on any atom is -0.462 e. The number of rotatable bonds is 57. The Morgan fingerprint density at radius 3 is 0.817 bits per heavy atom. The largest absolute Gasteiger partial charge is 0.462 e. The highest BCUT2D eigenvalue weighted by Gasteiger charge is 2.19. The van der Waals surface area contributed by atoms with Gasteiger partial charge < -0.3 is 14.2 Å². The van der Waals surface area contributed by atoms with Crippen molar-refractivity contribution in [2.24, 2.45) is 0 Å². The van der Waals surface area contributed by atoms with Gasteiger partial charge in [0, 0.05) is 19.3 Å². The second kappa shape index (κ2) is 59.9. The lowest BCUT2D eigenvalue weighted by atomic mass is 10.0. The summed E-state index contributed by atoms with van der Waals surface area (Å²) in [6.45, 7) is 6.64. The van der Waals surface area contributed by atoms with Crippen LogP contribution in [0.1, 0.15) is 329 Å². The number of carbonyl (C=O) groups is 3. The Bertz CT molecular complexity index is 1230. The van der Waals surface area contributed by atoms with Crippen LogP contribution in [0, 0.1) is 0 Å². The van der Waals surface area contributed by atoms with Crippen LogP contribution in [0.3, 0.4) is 0 Å². The molecule has 0 aliphatic heterocycles. The summed E-state index contributed by atoms with van der Waals surface area (Å²) < 4.78 is 16.9. The van der Waals surface area contributed by atoms with E-state index in [-0.39, 0.29) is 31.1 Å². The number of allylic oxidation sites excluding steroid dienone is 8. The highest BCUT2D eigenvalue weighted by Crippen LogP contribution is 2.17. The summed E-state index contributed by atoms with van der Waals surface area (Å²) in [6.07, 6.45) is 73.9. The molecule has 1 atom stereocenters. The molecule has 0 saturated carbocycles. The van der Waals surface area contributed by atoms with Gasteiger partial charge >= 0.3 is 17.9 Å². The molecule has 1 unspecified atom stereocenters. The monoisotopic (exact) mass is 995 g/mol. The Kier molecular flexibility index (Phi) is 57.7. The summed E-state index contributed by atoms with van der Waals surface area (Å²) in [5, 5.41) is 0. The third-order valence-electron chi connectivity index (χ3n) is 13.8. The van der Waals surface area contributed by atoms with E-state index in [9.17, 15) is 14.4 Å². The topological polar surface area (TPSA) is 78.9 Å². The molecule has 0 N–H and O–H groups in total. The zero-order valence-electron chi connectivity index (χ0n) is 47.5. The molecule has 6 nitrogen and oxygen atoms in total. The molecule has 0 aromatic heterocycles. The van der Waals surface area contributed by atoms with Gasteiger partial charge in [0.05, 0.1) is 0 Å². The fourth-order valence-electron chi connectivity index (χ4n) is 9.09. The minimum absolute atomic E-state index is 0.0787. The molecule has 0 amide bonds. The van der Waals surface area contributed by atoms with Crippen molar-refractivity contribution in [3.63, 3.8) is 0 Å². The van der Waals surface area contributed by atoms with Crippen LogP contribution < -0.4 is 0 Å². The summed E-state index contributed by atoms with van der Waals surface area (Å²) in [5.41, 5.74) is 0. The Balaban J connectivity index is 4.34. The number of carbonyl (C=O) groups excluding carboxylic acids is 3. The Labute approximate surface area is 441 Å². The standard InChI is InChI=1S/C65H118O6/c1-4-7-10-13-16-19-22-25-27-29-31-32-34-35-37-40-43-46-49-52-55-58-64(67)70-61-62(60-69-63(66)57-54-51-48-45-42-39-24-21-18-15-12-9-6-3)71-65(68)59-56-53-50-47-44-41-38-36-33-30-28-26-23-20-17-14-11-8-5-2/h21-22,24-25,29,31,34-35,62H,4-20,23,26-28,30,32-33,36-61H2,1-3H3/b24-21-,25-22-,31-29-,35-34-. The van der Waals surface area contributed by atoms with Crippen LogP contribution in [0.25, 0.3) is 0 Å². The van der Waals surface area contributed by atoms with Crippen molar-refractivity contribution in [3.8, 4) is 0 Å². The number of unbranched alkanes of at least 4 members (excludes halogenated alkanes) is 38. The minimum atomic E-state index is -0.780. The summed E-state index contributed by atoms with van der Waals surface area (Å²) in [7, 11) is 0. The van der Waals surface area contributed by atoms with Gasteiger partial charge in [0.1, 0.15) is 13.2 Å². The van der Waals surface area contributed by atoms with E-state index in [0.29, 0.717) is 19.3 Å². The van der Waals surface area contributed by atoms with Gasteiger partial charge in [-0.3, -0.25) is 14.4 Å². The summed E-state index contributed by atoms with van der Waals surface area (Å²) in [4.78, 5) is 38.2. The third-order valence-corrected chi connectivity index (χ3v) is 13.8. The first-order chi connectivity index (χ1) is 35.0. The van der Waals surface area contributed by atoms with Crippen molar-refractivity contribution < 1.29 is 28.6 Å². The highest BCUT2D eigenvalue weighted by atomic mass is 16.6. The second-order valence-electron chi connectivity index (χ2n) is 21.0. The normalized spacial score (nSPS) is 12.3. The number of ether oxygens (including phenoxy) is 3. The van der Waals surface area contributed by atoms with Crippen LogP contribution in [0.2, 0.25) is 0 Å². The summed E-state index contributed by atoms with van der Waals surface area (Å²) in [6, 6.07) is 0. The van der Waals surface area contributed by atoms with Gasteiger partial charge in [0.15, 0.2) is 6.10 Å².